The van der Waals surface area contributed by atoms with Gasteiger partial charge in [0, 0.05) is 24.0 Å². The molecule has 1 fully saturated rings. The van der Waals surface area contributed by atoms with Crippen LogP contribution in [0.4, 0.5) is 10.1 Å². The molecule has 0 atom stereocenters. The highest BCUT2D eigenvalue weighted by Crippen LogP contribution is 2.33. The molecule has 1 aliphatic carbocycles. The fraction of sp³-hybridized carbons (Fsp3) is 0.458. The maximum absolute atomic E-state index is 13.6. The summed E-state index contributed by atoms with van der Waals surface area (Å²) in [6.45, 7) is 8.82. The number of Topliss-reactive ketones (excluding diaryl/α,β-unsaturated/α-hetero) is 1. The third-order valence-electron chi connectivity index (χ3n) is 6.15. The summed E-state index contributed by atoms with van der Waals surface area (Å²) < 4.78 is 15.1. The van der Waals surface area contributed by atoms with Crippen LogP contribution in [-0.2, 0) is 11.8 Å². The molecule has 3 N–H and O–H groups in total. The van der Waals surface area contributed by atoms with Gasteiger partial charge >= 0.3 is 0 Å². The zero-order valence-corrected chi connectivity index (χ0v) is 19.3. The largest absolute Gasteiger partial charge is 0.393 e. The quantitative estimate of drug-likeness (QED) is 0.471. The van der Waals surface area contributed by atoms with E-state index in [-0.39, 0.29) is 17.4 Å². The van der Waals surface area contributed by atoms with E-state index in [1.54, 1.807) is 32.4 Å². The molecule has 2 aromatic rings. The Morgan fingerprint density at radius 1 is 1.22 bits per heavy atom. The van der Waals surface area contributed by atoms with E-state index in [0.717, 1.165) is 0 Å². The molecule has 1 aromatic heterocycles. The van der Waals surface area contributed by atoms with E-state index in [0.29, 0.717) is 40.9 Å². The van der Waals surface area contributed by atoms with Gasteiger partial charge in [0.1, 0.15) is 5.82 Å². The van der Waals surface area contributed by atoms with Crippen LogP contribution in [0.2, 0.25) is 0 Å². The standard InChI is InChI=1S/C24H30FN3O4/c1-12(2)18-19(22(31)26-15-7-8-17(25)13(3)9-15)14(4)28(6)20(18)21(30)23(32)27-24(5)10-16(29)11-24/h7-9,12,16,29H,10-11H2,1-6H3,(H,26,31)(H,27,32). The molecular weight excluding hydrogens is 413 g/mol. The van der Waals surface area contributed by atoms with Crippen LogP contribution >= 0.6 is 0 Å². The molecule has 0 bridgehead atoms. The Hall–Kier alpha value is -3.00. The summed E-state index contributed by atoms with van der Waals surface area (Å²) in [5.41, 5.74) is 1.75. The highest BCUT2D eigenvalue weighted by molar-refractivity contribution is 6.43. The van der Waals surface area contributed by atoms with Gasteiger partial charge in [-0.3, -0.25) is 14.4 Å². The number of amides is 2. The van der Waals surface area contributed by atoms with Gasteiger partial charge in [-0.25, -0.2) is 4.39 Å². The van der Waals surface area contributed by atoms with Crippen LogP contribution in [0.3, 0.4) is 0 Å². The van der Waals surface area contributed by atoms with Gasteiger partial charge in [-0.15, -0.1) is 0 Å². The van der Waals surface area contributed by atoms with Crippen LogP contribution in [0.5, 0.6) is 0 Å². The van der Waals surface area contributed by atoms with E-state index in [1.165, 1.54) is 18.2 Å². The Kier molecular flexibility index (Phi) is 6.29. The van der Waals surface area contributed by atoms with Gasteiger partial charge in [-0.2, -0.15) is 0 Å². The van der Waals surface area contributed by atoms with Gasteiger partial charge in [0.05, 0.1) is 17.4 Å². The normalized spacial score (nSPS) is 20.1. The van der Waals surface area contributed by atoms with Gasteiger partial charge in [0.2, 0.25) is 0 Å². The van der Waals surface area contributed by atoms with Crippen LogP contribution in [0.25, 0.3) is 0 Å². The van der Waals surface area contributed by atoms with Crippen molar-refractivity contribution in [3.63, 3.8) is 0 Å². The highest BCUT2D eigenvalue weighted by atomic mass is 19.1. The number of halogens is 1. The number of hydrogen-bond acceptors (Lipinski definition) is 4. The molecule has 1 aliphatic rings. The lowest BCUT2D eigenvalue weighted by Crippen LogP contribution is -2.58. The molecule has 1 heterocycles. The van der Waals surface area contributed by atoms with Crippen molar-refractivity contribution >= 4 is 23.3 Å². The van der Waals surface area contributed by atoms with Crippen molar-refractivity contribution in [2.45, 2.75) is 65.0 Å². The number of aliphatic hydroxyl groups is 1. The van der Waals surface area contributed by atoms with E-state index in [1.807, 2.05) is 13.8 Å². The number of carbonyl (C=O) groups is 3. The lowest BCUT2D eigenvalue weighted by molar-refractivity contribution is -0.121. The number of rotatable bonds is 6. The average Bonchev–Trinajstić information content (AvgIpc) is 2.94. The van der Waals surface area contributed by atoms with Gasteiger partial charge in [-0.1, -0.05) is 13.8 Å². The first kappa shape index (κ1) is 23.7. The number of benzene rings is 1. The lowest BCUT2D eigenvalue weighted by Gasteiger charge is -2.42. The highest BCUT2D eigenvalue weighted by Gasteiger charge is 2.42. The van der Waals surface area contributed by atoms with Crippen molar-refractivity contribution in [1.29, 1.82) is 0 Å². The summed E-state index contributed by atoms with van der Waals surface area (Å²) in [7, 11) is 1.65. The minimum absolute atomic E-state index is 0.166. The molecule has 172 valence electrons. The summed E-state index contributed by atoms with van der Waals surface area (Å²) in [6, 6.07) is 4.29. The fourth-order valence-corrected chi connectivity index (χ4v) is 4.39. The predicted molar refractivity (Wildman–Crippen MR) is 119 cm³/mol. The second kappa shape index (κ2) is 8.50. The van der Waals surface area contributed by atoms with Crippen LogP contribution in [0, 0.1) is 19.7 Å². The SMILES string of the molecule is Cc1cc(NC(=O)c2c(C(C)C)c(C(=O)C(=O)NC3(C)CC(O)C3)n(C)c2C)ccc1F. The van der Waals surface area contributed by atoms with Crippen molar-refractivity contribution in [2.75, 3.05) is 5.32 Å². The van der Waals surface area contributed by atoms with Crippen molar-refractivity contribution in [3.8, 4) is 0 Å². The van der Waals surface area contributed by atoms with Crippen LogP contribution in [-0.4, -0.2) is 38.9 Å². The summed E-state index contributed by atoms with van der Waals surface area (Å²) in [6.07, 6.45) is 0.296. The molecule has 0 unspecified atom stereocenters. The first-order valence-corrected chi connectivity index (χ1v) is 10.7. The number of nitrogens with one attached hydrogen (secondary N) is 2. The summed E-state index contributed by atoms with van der Waals surface area (Å²) in [4.78, 5) is 39.1. The van der Waals surface area contributed by atoms with E-state index in [4.69, 9.17) is 0 Å². The van der Waals surface area contributed by atoms with Crippen molar-refractivity contribution in [1.82, 2.24) is 9.88 Å². The lowest BCUT2D eigenvalue weighted by atomic mass is 9.76. The minimum Gasteiger partial charge on any atom is -0.393 e. The number of anilines is 1. The molecule has 0 aliphatic heterocycles. The van der Waals surface area contributed by atoms with Crippen LogP contribution in [0.15, 0.2) is 18.2 Å². The number of carbonyl (C=O) groups excluding carboxylic acids is 3. The van der Waals surface area contributed by atoms with E-state index >= 15 is 0 Å². The molecule has 0 radical (unpaired) electrons. The van der Waals surface area contributed by atoms with Crippen molar-refractivity contribution < 1.29 is 23.9 Å². The fourth-order valence-electron chi connectivity index (χ4n) is 4.39. The van der Waals surface area contributed by atoms with E-state index < -0.39 is 29.2 Å². The van der Waals surface area contributed by atoms with Crippen LogP contribution in [0.1, 0.15) is 77.2 Å². The predicted octanol–water partition coefficient (Wildman–Crippen LogP) is 3.37. The second-order valence-electron chi connectivity index (χ2n) is 9.26. The third kappa shape index (κ3) is 4.32. The summed E-state index contributed by atoms with van der Waals surface area (Å²) in [5.74, 6) is -2.49. The Morgan fingerprint density at radius 2 is 1.84 bits per heavy atom. The molecule has 8 heteroatoms. The molecular formula is C24H30FN3O4. The summed E-state index contributed by atoms with van der Waals surface area (Å²) >= 11 is 0. The van der Waals surface area contributed by atoms with Crippen molar-refractivity contribution in [3.05, 3.63) is 52.1 Å². The second-order valence-corrected chi connectivity index (χ2v) is 9.26. The maximum atomic E-state index is 13.6. The molecule has 32 heavy (non-hydrogen) atoms. The zero-order chi connectivity index (χ0) is 24.0. The number of aromatic nitrogens is 1. The third-order valence-corrected chi connectivity index (χ3v) is 6.15. The maximum Gasteiger partial charge on any atom is 0.294 e. The number of ketones is 1. The average molecular weight is 444 g/mol. The van der Waals surface area contributed by atoms with E-state index in [9.17, 15) is 23.9 Å². The Bertz CT molecular complexity index is 1100. The number of aryl methyl sites for hydroxylation is 1. The topological polar surface area (TPSA) is 100 Å². The number of nitrogens with zero attached hydrogens (tertiary/aromatic N) is 1. The Morgan fingerprint density at radius 3 is 2.38 bits per heavy atom. The first-order chi connectivity index (χ1) is 14.8. The number of hydrogen-bond donors (Lipinski definition) is 3. The minimum atomic E-state index is -0.761. The van der Waals surface area contributed by atoms with Gasteiger partial charge in [-0.05, 0) is 68.9 Å². The van der Waals surface area contributed by atoms with Crippen molar-refractivity contribution in [2.24, 2.45) is 7.05 Å². The molecule has 3 rings (SSSR count). The van der Waals surface area contributed by atoms with Gasteiger partial charge in [0.25, 0.3) is 17.6 Å². The van der Waals surface area contributed by atoms with Gasteiger partial charge in [0.15, 0.2) is 0 Å². The smallest absolute Gasteiger partial charge is 0.294 e. The molecule has 0 spiro atoms. The molecule has 1 aromatic carbocycles. The molecule has 2 amide bonds. The Balaban J connectivity index is 1.95. The van der Waals surface area contributed by atoms with Crippen LogP contribution < -0.4 is 10.6 Å². The monoisotopic (exact) mass is 443 g/mol. The zero-order valence-electron chi connectivity index (χ0n) is 19.3. The van der Waals surface area contributed by atoms with Gasteiger partial charge < -0.3 is 20.3 Å². The van der Waals surface area contributed by atoms with E-state index in [2.05, 4.69) is 10.6 Å². The summed E-state index contributed by atoms with van der Waals surface area (Å²) in [5, 5.41) is 15.1. The first-order valence-electron chi connectivity index (χ1n) is 10.7. The number of aliphatic hydroxyl groups excluding tert-OH is 1. The molecule has 0 saturated heterocycles. The molecule has 7 nitrogen and oxygen atoms in total. The Labute approximate surface area is 187 Å². The molecule has 1 saturated carbocycles.